The number of fused-ring (bicyclic) bond motifs is 1. The molecular weight excluding hydrogens is 254 g/mol. The minimum Gasteiger partial charge on any atom is -0.367 e. The highest BCUT2D eigenvalue weighted by Gasteiger charge is 2.22. The highest BCUT2D eigenvalue weighted by Crippen LogP contribution is 2.21. The lowest BCUT2D eigenvalue weighted by Gasteiger charge is -2.32. The van der Waals surface area contributed by atoms with E-state index in [4.69, 9.17) is 0 Å². The Morgan fingerprint density at radius 3 is 3.00 bits per heavy atom. The second kappa shape index (κ2) is 5.48. The van der Waals surface area contributed by atoms with Crippen LogP contribution < -0.4 is 5.32 Å². The van der Waals surface area contributed by atoms with Gasteiger partial charge in [-0.25, -0.2) is 9.97 Å². The molecule has 106 valence electrons. The number of H-pyrrole nitrogens is 1. The predicted octanol–water partition coefficient (Wildman–Crippen LogP) is 1.77. The number of aromatic nitrogens is 3. The predicted molar refractivity (Wildman–Crippen MR) is 77.4 cm³/mol. The van der Waals surface area contributed by atoms with Crippen molar-refractivity contribution in [3.63, 3.8) is 0 Å². The average Bonchev–Trinajstić information content (AvgIpc) is 2.97. The smallest absolute Gasteiger partial charge is 0.222 e. The van der Waals surface area contributed by atoms with Crippen molar-refractivity contribution in [2.45, 2.75) is 32.2 Å². The number of nitrogens with one attached hydrogen (secondary N) is 2. The van der Waals surface area contributed by atoms with Crippen molar-refractivity contribution in [3.05, 3.63) is 18.6 Å². The molecule has 3 rings (SSSR count). The van der Waals surface area contributed by atoms with Crippen molar-refractivity contribution in [1.82, 2.24) is 19.9 Å². The molecule has 6 heteroatoms. The van der Waals surface area contributed by atoms with Crippen LogP contribution in [0.5, 0.6) is 0 Å². The van der Waals surface area contributed by atoms with E-state index in [0.717, 1.165) is 42.8 Å². The molecule has 2 aromatic heterocycles. The molecule has 6 nitrogen and oxygen atoms in total. The Morgan fingerprint density at radius 1 is 1.45 bits per heavy atom. The molecule has 0 unspecified atom stereocenters. The van der Waals surface area contributed by atoms with Gasteiger partial charge in [0.25, 0.3) is 0 Å². The Balaban J connectivity index is 1.65. The van der Waals surface area contributed by atoms with E-state index in [2.05, 4.69) is 20.3 Å². The normalized spacial score (nSPS) is 16.6. The summed E-state index contributed by atoms with van der Waals surface area (Å²) in [4.78, 5) is 25.2. The van der Waals surface area contributed by atoms with Crippen molar-refractivity contribution in [2.75, 3.05) is 18.4 Å². The molecule has 0 aliphatic carbocycles. The maximum atomic E-state index is 11.7. The Bertz CT molecular complexity index is 600. The molecule has 1 amide bonds. The fraction of sp³-hybridized carbons (Fsp3) is 0.500. The van der Waals surface area contributed by atoms with Crippen molar-refractivity contribution in [1.29, 1.82) is 0 Å². The Labute approximate surface area is 117 Å². The number of aromatic amines is 1. The van der Waals surface area contributed by atoms with E-state index in [1.165, 1.54) is 0 Å². The summed E-state index contributed by atoms with van der Waals surface area (Å²) in [5, 5.41) is 4.49. The first-order valence-electron chi connectivity index (χ1n) is 7.10. The number of carbonyl (C=O) groups excluding carboxylic acids is 1. The molecule has 0 spiro atoms. The number of carbonyl (C=O) groups is 1. The van der Waals surface area contributed by atoms with Crippen LogP contribution in [0, 0.1) is 0 Å². The summed E-state index contributed by atoms with van der Waals surface area (Å²) in [6.07, 6.45) is 5.95. The number of anilines is 1. The maximum Gasteiger partial charge on any atom is 0.222 e. The van der Waals surface area contributed by atoms with Crippen LogP contribution in [0.25, 0.3) is 11.0 Å². The van der Waals surface area contributed by atoms with Gasteiger partial charge in [0, 0.05) is 31.7 Å². The Kier molecular flexibility index (Phi) is 3.54. The second-order valence-electron chi connectivity index (χ2n) is 5.12. The van der Waals surface area contributed by atoms with Crippen LogP contribution in [0.15, 0.2) is 18.6 Å². The lowest BCUT2D eigenvalue weighted by atomic mass is 10.0. The number of amides is 1. The molecule has 0 radical (unpaired) electrons. The first-order chi connectivity index (χ1) is 9.78. The number of hydrogen-bond donors (Lipinski definition) is 2. The molecule has 1 fully saturated rings. The van der Waals surface area contributed by atoms with E-state index in [-0.39, 0.29) is 5.91 Å². The fourth-order valence-corrected chi connectivity index (χ4v) is 2.68. The fourth-order valence-electron chi connectivity index (χ4n) is 2.68. The van der Waals surface area contributed by atoms with E-state index in [0.29, 0.717) is 12.5 Å². The van der Waals surface area contributed by atoms with Gasteiger partial charge in [-0.05, 0) is 18.9 Å². The van der Waals surface area contributed by atoms with E-state index in [1.807, 2.05) is 24.1 Å². The first kappa shape index (κ1) is 12.9. The van der Waals surface area contributed by atoms with Crippen LogP contribution in [0.3, 0.4) is 0 Å². The molecule has 0 saturated carbocycles. The summed E-state index contributed by atoms with van der Waals surface area (Å²) >= 11 is 0. The zero-order valence-electron chi connectivity index (χ0n) is 11.6. The molecule has 0 bridgehead atoms. The summed E-state index contributed by atoms with van der Waals surface area (Å²) < 4.78 is 0. The standard InChI is InChI=1S/C14H19N5O/c1-2-12(20)19-7-4-10(5-8-19)18-14-11-3-6-15-13(11)16-9-17-14/h3,6,9-10H,2,4-5,7-8H2,1H3,(H2,15,16,17,18). The van der Waals surface area contributed by atoms with Gasteiger partial charge in [-0.3, -0.25) is 4.79 Å². The van der Waals surface area contributed by atoms with Crippen molar-refractivity contribution < 1.29 is 4.79 Å². The van der Waals surface area contributed by atoms with E-state index in [9.17, 15) is 4.79 Å². The van der Waals surface area contributed by atoms with E-state index >= 15 is 0 Å². The van der Waals surface area contributed by atoms with E-state index in [1.54, 1.807) is 6.33 Å². The summed E-state index contributed by atoms with van der Waals surface area (Å²) in [5.74, 6) is 1.12. The molecular formula is C14H19N5O. The van der Waals surface area contributed by atoms with Crippen LogP contribution in [0.1, 0.15) is 26.2 Å². The van der Waals surface area contributed by atoms with Gasteiger partial charge in [0.1, 0.15) is 17.8 Å². The van der Waals surface area contributed by atoms with Crippen LogP contribution in [-0.2, 0) is 4.79 Å². The quantitative estimate of drug-likeness (QED) is 0.894. The van der Waals surface area contributed by atoms with Crippen molar-refractivity contribution in [3.8, 4) is 0 Å². The minimum absolute atomic E-state index is 0.249. The third-order valence-corrected chi connectivity index (χ3v) is 3.84. The van der Waals surface area contributed by atoms with Crippen LogP contribution in [0.4, 0.5) is 5.82 Å². The van der Waals surface area contributed by atoms with Crippen molar-refractivity contribution in [2.24, 2.45) is 0 Å². The molecule has 2 N–H and O–H groups in total. The number of rotatable bonds is 3. The molecule has 1 saturated heterocycles. The number of piperidine rings is 1. The zero-order chi connectivity index (χ0) is 13.9. The SMILES string of the molecule is CCC(=O)N1CCC(Nc2ncnc3[nH]ccc23)CC1. The van der Waals surface area contributed by atoms with Gasteiger partial charge in [-0.2, -0.15) is 0 Å². The van der Waals surface area contributed by atoms with Gasteiger partial charge in [-0.15, -0.1) is 0 Å². The molecule has 2 aromatic rings. The van der Waals surface area contributed by atoms with Crippen LogP contribution >= 0.6 is 0 Å². The maximum absolute atomic E-state index is 11.7. The number of likely N-dealkylation sites (tertiary alicyclic amines) is 1. The molecule has 3 heterocycles. The first-order valence-corrected chi connectivity index (χ1v) is 7.10. The summed E-state index contributed by atoms with van der Waals surface area (Å²) in [5.41, 5.74) is 0.848. The molecule has 20 heavy (non-hydrogen) atoms. The van der Waals surface area contributed by atoms with E-state index < -0.39 is 0 Å². The lowest BCUT2D eigenvalue weighted by molar-refractivity contribution is -0.131. The average molecular weight is 273 g/mol. The highest BCUT2D eigenvalue weighted by molar-refractivity contribution is 5.86. The number of hydrogen-bond acceptors (Lipinski definition) is 4. The third kappa shape index (κ3) is 2.45. The summed E-state index contributed by atoms with van der Waals surface area (Å²) in [6, 6.07) is 2.34. The van der Waals surface area contributed by atoms with Gasteiger partial charge < -0.3 is 15.2 Å². The Hall–Kier alpha value is -2.11. The molecule has 1 aliphatic rings. The lowest BCUT2D eigenvalue weighted by Crippen LogP contribution is -2.42. The largest absolute Gasteiger partial charge is 0.367 e. The highest BCUT2D eigenvalue weighted by atomic mass is 16.2. The molecule has 1 aliphatic heterocycles. The summed E-state index contributed by atoms with van der Waals surface area (Å²) in [7, 11) is 0. The molecule has 0 aromatic carbocycles. The van der Waals surface area contributed by atoms with Gasteiger partial charge >= 0.3 is 0 Å². The molecule has 0 atom stereocenters. The monoisotopic (exact) mass is 273 g/mol. The Morgan fingerprint density at radius 2 is 2.25 bits per heavy atom. The second-order valence-corrected chi connectivity index (χ2v) is 5.12. The van der Waals surface area contributed by atoms with Crippen LogP contribution in [0.2, 0.25) is 0 Å². The zero-order valence-corrected chi connectivity index (χ0v) is 11.6. The van der Waals surface area contributed by atoms with Crippen molar-refractivity contribution >= 4 is 22.8 Å². The van der Waals surface area contributed by atoms with Gasteiger partial charge in [0.15, 0.2) is 0 Å². The minimum atomic E-state index is 0.249. The van der Waals surface area contributed by atoms with Crippen LogP contribution in [-0.4, -0.2) is 44.9 Å². The van der Waals surface area contributed by atoms with Gasteiger partial charge in [0.05, 0.1) is 5.39 Å². The topological polar surface area (TPSA) is 73.9 Å². The van der Waals surface area contributed by atoms with Gasteiger partial charge in [0.2, 0.25) is 5.91 Å². The number of nitrogens with zero attached hydrogens (tertiary/aromatic N) is 3. The third-order valence-electron chi connectivity index (χ3n) is 3.84. The summed E-state index contributed by atoms with van der Waals surface area (Å²) in [6.45, 7) is 3.56. The van der Waals surface area contributed by atoms with Gasteiger partial charge in [-0.1, -0.05) is 6.92 Å².